The minimum absolute atomic E-state index is 0.00529. The fourth-order valence-corrected chi connectivity index (χ4v) is 6.40. The number of nitrogens with zero attached hydrogens (tertiary/aromatic N) is 3. The van der Waals surface area contributed by atoms with Crippen molar-refractivity contribution in [3.05, 3.63) is 58.9 Å². The monoisotopic (exact) mass is 593 g/mol. The number of hydrogen-bond donors (Lipinski definition) is 2. The normalized spacial score (nSPS) is 19.3. The van der Waals surface area contributed by atoms with E-state index in [1.807, 2.05) is 30.0 Å². The van der Waals surface area contributed by atoms with Crippen LogP contribution >= 0.6 is 0 Å². The number of anilines is 1. The first kappa shape index (κ1) is 30.3. The van der Waals surface area contributed by atoms with Gasteiger partial charge in [-0.25, -0.2) is 9.18 Å². The third-order valence-electron chi connectivity index (χ3n) is 8.86. The number of halogens is 1. The van der Waals surface area contributed by atoms with Gasteiger partial charge in [-0.15, -0.1) is 0 Å². The van der Waals surface area contributed by atoms with Gasteiger partial charge >= 0.3 is 6.03 Å². The standard InChI is InChI=1S/C32H40FN5O5/c1-3-25-6-4-5-12-37(25)31(41)23-16-22(17-24(33)18-23)30(40)34-20-29(39)36-13-10-26(11-14-36)38-15-9-21-19-27(43-2)7-8-28(21)35-32(38)42/h7-8,16-19,25-26H,3-6,9-15,20H2,1-2H3,(H,34,40)(H,35,42). The second-order valence-electron chi connectivity index (χ2n) is 11.5. The summed E-state index contributed by atoms with van der Waals surface area (Å²) in [4.78, 5) is 57.2. The predicted octanol–water partition coefficient (Wildman–Crippen LogP) is 4.05. The molecule has 3 aliphatic heterocycles. The molecule has 1 atom stereocenters. The van der Waals surface area contributed by atoms with Gasteiger partial charge in [-0.2, -0.15) is 0 Å². The molecule has 2 aromatic carbocycles. The van der Waals surface area contributed by atoms with Gasteiger partial charge < -0.3 is 30.1 Å². The maximum atomic E-state index is 14.5. The summed E-state index contributed by atoms with van der Waals surface area (Å²) >= 11 is 0. The summed E-state index contributed by atoms with van der Waals surface area (Å²) < 4.78 is 19.8. The lowest BCUT2D eigenvalue weighted by Gasteiger charge is -2.38. The third-order valence-corrected chi connectivity index (χ3v) is 8.86. The van der Waals surface area contributed by atoms with Crippen molar-refractivity contribution in [2.24, 2.45) is 0 Å². The van der Waals surface area contributed by atoms with E-state index in [1.165, 1.54) is 6.07 Å². The van der Waals surface area contributed by atoms with E-state index in [4.69, 9.17) is 4.74 Å². The molecular weight excluding hydrogens is 553 g/mol. The first-order valence-corrected chi connectivity index (χ1v) is 15.2. The molecule has 1 unspecified atom stereocenters. The Hall–Kier alpha value is -4.15. The van der Waals surface area contributed by atoms with Gasteiger partial charge in [0, 0.05) is 55.1 Å². The van der Waals surface area contributed by atoms with Crippen molar-refractivity contribution in [3.8, 4) is 5.75 Å². The molecule has 5 amide bonds. The predicted molar refractivity (Wildman–Crippen MR) is 160 cm³/mol. The number of methoxy groups -OCH3 is 1. The van der Waals surface area contributed by atoms with Crippen molar-refractivity contribution < 1.29 is 28.3 Å². The molecule has 11 heteroatoms. The Morgan fingerprint density at radius 1 is 1.00 bits per heavy atom. The minimum Gasteiger partial charge on any atom is -0.497 e. The molecule has 2 aromatic rings. The first-order valence-electron chi connectivity index (χ1n) is 15.2. The van der Waals surface area contributed by atoms with Crippen LogP contribution in [0.25, 0.3) is 0 Å². The molecule has 0 spiro atoms. The van der Waals surface area contributed by atoms with Crippen molar-refractivity contribution in [2.75, 3.05) is 45.2 Å². The van der Waals surface area contributed by atoms with Gasteiger partial charge in [0.25, 0.3) is 11.8 Å². The van der Waals surface area contributed by atoms with Crippen LogP contribution in [0.3, 0.4) is 0 Å². The number of carbonyl (C=O) groups excluding carboxylic acids is 4. The number of piperidine rings is 2. The molecule has 3 heterocycles. The van der Waals surface area contributed by atoms with Gasteiger partial charge in [0.05, 0.1) is 13.7 Å². The molecule has 0 aromatic heterocycles. The van der Waals surface area contributed by atoms with Crippen LogP contribution in [0.1, 0.15) is 71.7 Å². The van der Waals surface area contributed by atoms with E-state index < -0.39 is 11.7 Å². The fraction of sp³-hybridized carbons (Fsp3) is 0.500. The number of ether oxygens (including phenoxy) is 1. The highest BCUT2D eigenvalue weighted by molar-refractivity contribution is 6.01. The summed E-state index contributed by atoms with van der Waals surface area (Å²) in [7, 11) is 1.61. The quantitative estimate of drug-likeness (QED) is 0.503. The number of nitrogens with one attached hydrogen (secondary N) is 2. The van der Waals surface area contributed by atoms with Gasteiger partial charge in [0.2, 0.25) is 5.91 Å². The lowest BCUT2D eigenvalue weighted by molar-refractivity contribution is -0.131. The molecule has 3 aliphatic rings. The Morgan fingerprint density at radius 2 is 1.77 bits per heavy atom. The molecule has 2 saturated heterocycles. The van der Waals surface area contributed by atoms with Crippen molar-refractivity contribution in [1.29, 1.82) is 0 Å². The zero-order valence-electron chi connectivity index (χ0n) is 24.9. The SMILES string of the molecule is CCC1CCCCN1C(=O)c1cc(F)cc(C(=O)NCC(=O)N2CCC(N3CCc4cc(OC)ccc4NC3=O)CC2)c1. The van der Waals surface area contributed by atoms with Crippen LogP contribution in [0.15, 0.2) is 36.4 Å². The highest BCUT2D eigenvalue weighted by Gasteiger charge is 2.32. The molecule has 43 heavy (non-hydrogen) atoms. The number of likely N-dealkylation sites (tertiary alicyclic amines) is 2. The molecule has 0 saturated carbocycles. The molecule has 0 bridgehead atoms. The molecular formula is C32H40FN5O5. The second kappa shape index (κ2) is 13.4. The number of rotatable bonds is 7. The van der Waals surface area contributed by atoms with E-state index in [2.05, 4.69) is 10.6 Å². The lowest BCUT2D eigenvalue weighted by atomic mass is 9.98. The van der Waals surface area contributed by atoms with Crippen molar-refractivity contribution in [3.63, 3.8) is 0 Å². The van der Waals surface area contributed by atoms with Crippen LogP contribution in [-0.4, -0.2) is 90.4 Å². The maximum Gasteiger partial charge on any atom is 0.322 e. The van der Waals surface area contributed by atoms with Gasteiger partial charge in [-0.1, -0.05) is 6.92 Å². The molecule has 2 N–H and O–H groups in total. The molecule has 5 rings (SSSR count). The van der Waals surface area contributed by atoms with Gasteiger partial charge in [-0.3, -0.25) is 14.4 Å². The van der Waals surface area contributed by atoms with E-state index in [0.717, 1.165) is 54.8 Å². The molecule has 10 nitrogen and oxygen atoms in total. The number of urea groups is 1. The molecule has 2 fully saturated rings. The number of hydrogen-bond acceptors (Lipinski definition) is 5. The Bertz CT molecular complexity index is 1380. The number of carbonyl (C=O) groups is 4. The highest BCUT2D eigenvalue weighted by atomic mass is 19.1. The van der Waals surface area contributed by atoms with Gasteiger partial charge in [0.15, 0.2) is 0 Å². The summed E-state index contributed by atoms with van der Waals surface area (Å²) in [6, 6.07) is 9.20. The number of fused-ring (bicyclic) bond motifs is 1. The van der Waals surface area contributed by atoms with Crippen molar-refractivity contribution >= 4 is 29.4 Å². The zero-order valence-corrected chi connectivity index (χ0v) is 24.9. The largest absolute Gasteiger partial charge is 0.497 e. The summed E-state index contributed by atoms with van der Waals surface area (Å²) in [5, 5.41) is 5.59. The summed E-state index contributed by atoms with van der Waals surface area (Å²) in [6.45, 7) is 3.88. The van der Waals surface area contributed by atoms with E-state index >= 15 is 0 Å². The van der Waals surface area contributed by atoms with Crippen molar-refractivity contribution in [1.82, 2.24) is 20.0 Å². The van der Waals surface area contributed by atoms with Crippen molar-refractivity contribution in [2.45, 2.75) is 64.0 Å². The van der Waals surface area contributed by atoms with Crippen LogP contribution < -0.4 is 15.4 Å². The summed E-state index contributed by atoms with van der Waals surface area (Å²) in [6.07, 6.45) is 5.64. The van der Waals surface area contributed by atoms with Crippen LogP contribution in [0.2, 0.25) is 0 Å². The van der Waals surface area contributed by atoms with Crippen LogP contribution in [0, 0.1) is 5.82 Å². The third kappa shape index (κ3) is 6.92. The molecule has 0 radical (unpaired) electrons. The van der Waals surface area contributed by atoms with Crippen LogP contribution in [0.4, 0.5) is 14.9 Å². The average Bonchev–Trinajstić information content (AvgIpc) is 3.20. The van der Waals surface area contributed by atoms with E-state index in [0.29, 0.717) is 45.4 Å². The minimum atomic E-state index is -0.672. The Balaban J connectivity index is 1.13. The van der Waals surface area contributed by atoms with E-state index in [1.54, 1.807) is 16.9 Å². The Morgan fingerprint density at radius 3 is 2.51 bits per heavy atom. The number of benzene rings is 2. The summed E-state index contributed by atoms with van der Waals surface area (Å²) in [5.41, 5.74) is 1.94. The average molecular weight is 594 g/mol. The summed E-state index contributed by atoms with van der Waals surface area (Å²) in [5.74, 6) is -1.07. The molecule has 0 aliphatic carbocycles. The first-order chi connectivity index (χ1) is 20.8. The van der Waals surface area contributed by atoms with Gasteiger partial charge in [-0.05, 0) is 86.9 Å². The Kier molecular flexibility index (Phi) is 9.47. The highest BCUT2D eigenvalue weighted by Crippen LogP contribution is 2.28. The zero-order chi connectivity index (χ0) is 30.5. The van der Waals surface area contributed by atoms with E-state index in [-0.39, 0.29) is 47.6 Å². The lowest BCUT2D eigenvalue weighted by Crippen LogP contribution is -2.51. The molecule has 230 valence electrons. The van der Waals surface area contributed by atoms with Gasteiger partial charge in [0.1, 0.15) is 11.6 Å². The van der Waals surface area contributed by atoms with E-state index in [9.17, 15) is 23.6 Å². The maximum absolute atomic E-state index is 14.5. The number of amides is 5. The van der Waals surface area contributed by atoms with Crippen LogP contribution in [-0.2, 0) is 11.2 Å². The topological polar surface area (TPSA) is 111 Å². The second-order valence-corrected chi connectivity index (χ2v) is 11.5. The smallest absolute Gasteiger partial charge is 0.322 e. The Labute approximate surface area is 251 Å². The fourth-order valence-electron chi connectivity index (χ4n) is 6.40. The van der Waals surface area contributed by atoms with Crippen LogP contribution in [0.5, 0.6) is 5.75 Å².